The van der Waals surface area contributed by atoms with Gasteiger partial charge in [-0.1, -0.05) is 30.7 Å². The van der Waals surface area contributed by atoms with Crippen LogP contribution in [-0.4, -0.2) is 68.5 Å². The van der Waals surface area contributed by atoms with Crippen molar-refractivity contribution in [2.45, 2.75) is 69.1 Å². The van der Waals surface area contributed by atoms with Crippen LogP contribution in [0, 0.1) is 5.92 Å². The fourth-order valence-corrected chi connectivity index (χ4v) is 6.22. The van der Waals surface area contributed by atoms with E-state index in [0.29, 0.717) is 25.7 Å². The van der Waals surface area contributed by atoms with E-state index in [4.69, 9.17) is 15.2 Å². The molecule has 40 heavy (non-hydrogen) atoms. The molecule has 0 spiro atoms. The molecule has 4 rings (SSSR count). The molecule has 0 aromatic heterocycles. The number of hydrogen-bond donors (Lipinski definition) is 4. The zero-order valence-electron chi connectivity index (χ0n) is 22.3. The summed E-state index contributed by atoms with van der Waals surface area (Å²) in [6, 6.07) is 5.41. The Labute approximate surface area is 233 Å². The van der Waals surface area contributed by atoms with Crippen LogP contribution in [0.1, 0.15) is 51.4 Å². The Balaban J connectivity index is 1.56. The van der Waals surface area contributed by atoms with Crippen molar-refractivity contribution in [2.75, 3.05) is 18.4 Å². The summed E-state index contributed by atoms with van der Waals surface area (Å²) in [4.78, 5) is 53.0. The van der Waals surface area contributed by atoms with Gasteiger partial charge in [-0.15, -0.1) is 0 Å². The molecule has 2 heterocycles. The number of rotatable bonds is 6. The lowest BCUT2D eigenvalue weighted by Gasteiger charge is -2.29. The molecular formula is C26H35N5O8S. The summed E-state index contributed by atoms with van der Waals surface area (Å²) in [7, 11) is -3.00. The zero-order chi connectivity index (χ0) is 28.9. The van der Waals surface area contributed by atoms with Crippen LogP contribution in [0.25, 0.3) is 0 Å². The van der Waals surface area contributed by atoms with Crippen molar-refractivity contribution in [3.8, 4) is 5.75 Å². The minimum absolute atomic E-state index is 0.133. The Morgan fingerprint density at radius 3 is 2.65 bits per heavy atom. The number of allylic oxidation sites excluding steroid dienone is 1. The van der Waals surface area contributed by atoms with Gasteiger partial charge in [0.2, 0.25) is 5.91 Å². The van der Waals surface area contributed by atoms with Gasteiger partial charge < -0.3 is 25.4 Å². The third-order valence-electron chi connectivity index (χ3n) is 7.42. The highest BCUT2D eigenvalue weighted by Crippen LogP contribution is 2.45. The minimum atomic E-state index is -4.39. The summed E-state index contributed by atoms with van der Waals surface area (Å²) in [6.45, 7) is 0.273. The summed E-state index contributed by atoms with van der Waals surface area (Å²) in [5.74, 6) is -2.16. The largest absolute Gasteiger partial charge is 0.495 e. The normalized spacial score (nSPS) is 28.0. The molecule has 2 fully saturated rings. The number of carbonyl (C=O) groups excluding carboxylic acids is 4. The number of anilines is 1. The van der Waals surface area contributed by atoms with E-state index in [-0.39, 0.29) is 30.8 Å². The molecule has 1 aromatic carbocycles. The highest BCUT2D eigenvalue weighted by atomic mass is 32.2. The Bertz CT molecular complexity index is 1290. The van der Waals surface area contributed by atoms with Crippen LogP contribution in [0.2, 0.25) is 0 Å². The number of nitrogens with zero attached hydrogens (tertiary/aromatic N) is 1. The van der Waals surface area contributed by atoms with Crippen molar-refractivity contribution in [3.05, 3.63) is 36.4 Å². The first-order valence-corrected chi connectivity index (χ1v) is 14.8. The van der Waals surface area contributed by atoms with Crippen LogP contribution in [-0.2, 0) is 29.3 Å². The van der Waals surface area contributed by atoms with Crippen molar-refractivity contribution in [1.82, 2.24) is 14.9 Å². The highest BCUT2D eigenvalue weighted by Gasteiger charge is 2.61. The number of para-hydroxylation sites is 2. The standard InChI is InChI=1S/C26H35N5O8S/c1-38-20-13-8-7-11-18(20)29-40(36,37)30-24(34)26-16-17(26)10-5-3-2-4-6-14-21(39-25(27)35)23(33)31-15-9-12-19(31)22(32)28-26/h5,7-8,10-11,13,17,19,21,29H,2-4,6,9,12,14-16H2,1H3,(H2,27,35)(H,28,32)(H,30,34)/b10-5+. The second-order valence-electron chi connectivity index (χ2n) is 10.2. The Morgan fingerprint density at radius 2 is 1.90 bits per heavy atom. The number of nitrogens with one attached hydrogen (secondary N) is 3. The van der Waals surface area contributed by atoms with Crippen LogP contribution in [0.5, 0.6) is 5.75 Å². The molecule has 14 heteroatoms. The van der Waals surface area contributed by atoms with Gasteiger partial charge in [0, 0.05) is 12.5 Å². The molecule has 1 saturated carbocycles. The van der Waals surface area contributed by atoms with Gasteiger partial charge in [-0.25, -0.2) is 9.52 Å². The summed E-state index contributed by atoms with van der Waals surface area (Å²) in [5, 5.41) is 2.75. The number of hydrogen-bond acceptors (Lipinski definition) is 8. The minimum Gasteiger partial charge on any atom is -0.495 e. The molecular weight excluding hydrogens is 542 g/mol. The van der Waals surface area contributed by atoms with Gasteiger partial charge in [0.1, 0.15) is 17.3 Å². The summed E-state index contributed by atoms with van der Waals surface area (Å²) >= 11 is 0. The van der Waals surface area contributed by atoms with Crippen LogP contribution in [0.4, 0.5) is 10.5 Å². The fraction of sp³-hybridized carbons (Fsp3) is 0.538. The van der Waals surface area contributed by atoms with Crippen molar-refractivity contribution < 1.29 is 37.1 Å². The molecule has 218 valence electrons. The summed E-state index contributed by atoms with van der Waals surface area (Å²) in [5.41, 5.74) is 3.82. The number of fused-ring (bicyclic) bond motifs is 2. The number of benzene rings is 1. The first kappa shape index (κ1) is 29.2. The molecule has 4 amide bonds. The predicted octanol–water partition coefficient (Wildman–Crippen LogP) is 1.32. The lowest BCUT2D eigenvalue weighted by Crippen LogP contribution is -2.57. The molecule has 13 nitrogen and oxygen atoms in total. The van der Waals surface area contributed by atoms with Crippen LogP contribution >= 0.6 is 0 Å². The lowest BCUT2D eigenvalue weighted by molar-refractivity contribution is -0.146. The quantitative estimate of drug-likeness (QED) is 0.365. The van der Waals surface area contributed by atoms with Crippen LogP contribution in [0.15, 0.2) is 36.4 Å². The van der Waals surface area contributed by atoms with Gasteiger partial charge in [0.15, 0.2) is 6.10 Å². The second kappa shape index (κ2) is 12.1. The van der Waals surface area contributed by atoms with Gasteiger partial charge in [0.25, 0.3) is 11.8 Å². The Kier molecular flexibility index (Phi) is 8.86. The van der Waals surface area contributed by atoms with Crippen molar-refractivity contribution in [3.63, 3.8) is 0 Å². The molecule has 0 radical (unpaired) electrons. The molecule has 4 atom stereocenters. The van der Waals surface area contributed by atoms with Crippen molar-refractivity contribution in [1.29, 1.82) is 0 Å². The van der Waals surface area contributed by atoms with Gasteiger partial charge >= 0.3 is 16.3 Å². The molecule has 0 bridgehead atoms. The first-order chi connectivity index (χ1) is 19.1. The Morgan fingerprint density at radius 1 is 1.12 bits per heavy atom. The van der Waals surface area contributed by atoms with E-state index in [1.807, 2.05) is 16.9 Å². The zero-order valence-corrected chi connectivity index (χ0v) is 23.1. The fourth-order valence-electron chi connectivity index (χ4n) is 5.29. The number of primary amides is 1. The highest BCUT2D eigenvalue weighted by molar-refractivity contribution is 7.91. The number of methoxy groups -OCH3 is 1. The molecule has 3 aliphatic rings. The number of carbonyl (C=O) groups is 4. The number of nitrogens with two attached hydrogens (primary N) is 1. The van der Waals surface area contributed by atoms with Crippen molar-refractivity contribution >= 4 is 39.7 Å². The van der Waals surface area contributed by atoms with Crippen LogP contribution in [0.3, 0.4) is 0 Å². The van der Waals surface area contributed by atoms with E-state index >= 15 is 0 Å². The predicted molar refractivity (Wildman–Crippen MR) is 144 cm³/mol. The van der Waals surface area contributed by atoms with E-state index in [1.165, 1.54) is 18.1 Å². The maximum absolute atomic E-state index is 13.5. The van der Waals surface area contributed by atoms with E-state index < -0.39 is 57.6 Å². The average molecular weight is 578 g/mol. The SMILES string of the molecule is COc1ccccc1NS(=O)(=O)NC(=O)C12CC1/C=C/CCCCCC(OC(N)=O)C(=O)N1CCCC1C(=O)N2. The maximum Gasteiger partial charge on any atom is 0.405 e. The topological polar surface area (TPSA) is 186 Å². The molecule has 5 N–H and O–H groups in total. The van der Waals surface area contributed by atoms with Gasteiger partial charge in [-0.05, 0) is 57.1 Å². The number of ether oxygens (including phenoxy) is 2. The average Bonchev–Trinajstić information content (AvgIpc) is 3.36. The van der Waals surface area contributed by atoms with Gasteiger partial charge in [-0.3, -0.25) is 19.1 Å². The third-order valence-corrected chi connectivity index (χ3v) is 8.37. The van der Waals surface area contributed by atoms with Gasteiger partial charge in [-0.2, -0.15) is 8.42 Å². The maximum atomic E-state index is 13.5. The van der Waals surface area contributed by atoms with E-state index in [0.717, 1.165) is 12.8 Å². The molecule has 1 aliphatic carbocycles. The number of amides is 4. The smallest absolute Gasteiger partial charge is 0.405 e. The Hall–Kier alpha value is -3.81. The monoisotopic (exact) mass is 577 g/mol. The first-order valence-electron chi connectivity index (χ1n) is 13.3. The van der Waals surface area contributed by atoms with E-state index in [9.17, 15) is 27.6 Å². The van der Waals surface area contributed by atoms with Crippen molar-refractivity contribution in [2.24, 2.45) is 11.7 Å². The molecule has 1 saturated heterocycles. The molecule has 1 aromatic rings. The summed E-state index contributed by atoms with van der Waals surface area (Å²) in [6.07, 6.45) is 5.74. The van der Waals surface area contributed by atoms with Gasteiger partial charge in [0.05, 0.1) is 12.8 Å². The summed E-state index contributed by atoms with van der Waals surface area (Å²) < 4.78 is 40.3. The van der Waals surface area contributed by atoms with E-state index in [1.54, 1.807) is 18.2 Å². The molecule has 4 unspecified atom stereocenters. The lowest BCUT2D eigenvalue weighted by atomic mass is 10.1. The molecule has 2 aliphatic heterocycles. The second-order valence-corrected chi connectivity index (χ2v) is 11.6. The van der Waals surface area contributed by atoms with Crippen LogP contribution < -0.4 is 25.2 Å². The third kappa shape index (κ3) is 6.66. The van der Waals surface area contributed by atoms with E-state index in [2.05, 4.69) is 10.0 Å².